The van der Waals surface area contributed by atoms with Crippen molar-refractivity contribution in [3.8, 4) is 0 Å². The lowest BCUT2D eigenvalue weighted by Crippen LogP contribution is -2.83. The number of H-pyrrole nitrogens is 1. The van der Waals surface area contributed by atoms with Crippen LogP contribution in [0.2, 0.25) is 0 Å². The quantitative estimate of drug-likeness (QED) is 0.130. The van der Waals surface area contributed by atoms with Crippen molar-refractivity contribution in [2.45, 2.75) is 69.5 Å². The maximum absolute atomic E-state index is 13.1. The summed E-state index contributed by atoms with van der Waals surface area (Å²) < 4.78 is 9.13. The highest BCUT2D eigenvalue weighted by atomic mass is 79.9. The van der Waals surface area contributed by atoms with Gasteiger partial charge < -0.3 is 34.9 Å². The molecule has 5 aliphatic rings. The van der Waals surface area contributed by atoms with Crippen molar-refractivity contribution in [1.82, 2.24) is 19.4 Å². The third kappa shape index (κ3) is 7.66. The van der Waals surface area contributed by atoms with Crippen molar-refractivity contribution < 1.29 is 29.1 Å². The average Bonchev–Trinajstić information content (AvgIpc) is 3.80. The Morgan fingerprint density at radius 3 is 2.30 bits per heavy atom. The van der Waals surface area contributed by atoms with E-state index in [1.807, 2.05) is 59.6 Å². The fourth-order valence-electron chi connectivity index (χ4n) is 9.27. The first kappa shape index (κ1) is 38.7. The number of ether oxygens (including phenoxy) is 1. The number of piperidine rings is 2. The molecule has 3 atom stereocenters. The lowest BCUT2D eigenvalue weighted by molar-refractivity contribution is -0.972. The molecule has 4 fully saturated rings. The summed E-state index contributed by atoms with van der Waals surface area (Å²) >= 11 is 3.54. The molecule has 5 aromatic rings. The molecule has 4 aromatic carbocycles. The SMILES string of the molecule is O=C(O)[N@+]1(N2CNc3ccccc32)CCC2CC1(CCCN(Cc1ccccc1)Cc1ccc(Br)cc1)O2.O=C([O-])N1CCC(n2c(=O)[nH]c3ccccc32)CC1. The molecule has 6 heterocycles. The molecule has 3 N–H and O–H groups in total. The number of benzene rings is 4. The average molecular weight is 839 g/mol. The van der Waals surface area contributed by atoms with E-state index in [0.29, 0.717) is 45.6 Å². The molecule has 298 valence electrons. The van der Waals surface area contributed by atoms with Crippen LogP contribution in [0.25, 0.3) is 11.0 Å². The topological polar surface area (TPSA) is 146 Å². The molecule has 0 aliphatic carbocycles. The van der Waals surface area contributed by atoms with E-state index in [4.69, 9.17) is 4.74 Å². The number of carboxylic acid groups (broad SMARTS) is 2. The first-order valence-corrected chi connectivity index (χ1v) is 20.5. The summed E-state index contributed by atoms with van der Waals surface area (Å²) in [5.74, 6) is 0. The van der Waals surface area contributed by atoms with Crippen molar-refractivity contribution in [1.29, 1.82) is 0 Å². The van der Waals surface area contributed by atoms with Crippen molar-refractivity contribution in [2.24, 2.45) is 0 Å². The van der Waals surface area contributed by atoms with Gasteiger partial charge in [0.15, 0.2) is 0 Å². The Bertz CT molecular complexity index is 2250. The van der Waals surface area contributed by atoms with E-state index in [1.54, 1.807) is 4.57 Å². The number of aromatic nitrogens is 2. The number of para-hydroxylation sites is 4. The molecule has 2 amide bonds. The molecule has 10 rings (SSSR count). The van der Waals surface area contributed by atoms with Gasteiger partial charge in [0.05, 0.1) is 29.2 Å². The number of hydrogen-bond donors (Lipinski definition) is 3. The molecule has 0 saturated carbocycles. The highest BCUT2D eigenvalue weighted by Crippen LogP contribution is 2.54. The van der Waals surface area contributed by atoms with Crippen molar-refractivity contribution in [3.63, 3.8) is 0 Å². The van der Waals surface area contributed by atoms with Crippen molar-refractivity contribution >= 4 is 50.5 Å². The third-order valence-corrected chi connectivity index (χ3v) is 12.6. The molecular formula is C43H48BrN7O6. The fraction of sp³-hybridized carbons (Fsp3) is 0.372. The monoisotopic (exact) mass is 837 g/mol. The molecule has 57 heavy (non-hydrogen) atoms. The summed E-state index contributed by atoms with van der Waals surface area (Å²) in [5, 5.41) is 26.9. The van der Waals surface area contributed by atoms with E-state index < -0.39 is 17.9 Å². The standard InChI is InChI=1S/C30H33BrN4O3.C13H15N3O3/c31-25-13-11-24(12-14-25)21-33(20-23-7-2-1-3-8-23)17-6-16-30-19-26(38-30)15-18-35(30,29(36)37)34-22-32-27-9-4-5-10-28(27)34;17-12-14-10-3-1-2-4-11(10)16(12)9-5-7-15(8-6-9)13(18)19/h1-5,7-14,26,32H,6,15-22H2;1-4,9H,5-8H2,(H,14,17)(H,18,19)/t26?,30?,35-;/m1./s1. The van der Waals surface area contributed by atoms with E-state index in [-0.39, 0.29) is 22.4 Å². The smallest absolute Gasteiger partial charge is 0.530 e. The number of quaternary nitrogens is 1. The minimum absolute atomic E-state index is 0.0410. The zero-order valence-electron chi connectivity index (χ0n) is 31.8. The number of fused-ring (bicyclic) bond motifs is 4. The summed E-state index contributed by atoms with van der Waals surface area (Å²) in [5.41, 5.74) is 5.26. The van der Waals surface area contributed by atoms with Gasteiger partial charge in [0.2, 0.25) is 5.72 Å². The predicted octanol–water partition coefficient (Wildman–Crippen LogP) is 6.73. The van der Waals surface area contributed by atoms with Crippen molar-refractivity contribution in [3.05, 3.63) is 129 Å². The van der Waals surface area contributed by atoms with Gasteiger partial charge >= 0.3 is 11.8 Å². The van der Waals surface area contributed by atoms with Crippen LogP contribution in [0, 0.1) is 0 Å². The number of nitrogens with one attached hydrogen (secondary N) is 2. The highest BCUT2D eigenvalue weighted by Gasteiger charge is 2.72. The number of anilines is 2. The summed E-state index contributed by atoms with van der Waals surface area (Å²) in [6.45, 7) is 4.37. The minimum Gasteiger partial charge on any atom is -0.530 e. The molecule has 2 bridgehead atoms. The Kier molecular flexibility index (Phi) is 11.1. The van der Waals surface area contributed by atoms with Gasteiger partial charge in [-0.2, -0.15) is 9.80 Å². The van der Waals surface area contributed by atoms with Gasteiger partial charge in [-0.1, -0.05) is 87.3 Å². The lowest BCUT2D eigenvalue weighted by atomic mass is 9.84. The Morgan fingerprint density at radius 1 is 0.912 bits per heavy atom. The van der Waals surface area contributed by atoms with Crippen LogP contribution in [0.5, 0.6) is 0 Å². The number of carbonyl (C=O) groups excluding carboxylic acids is 1. The summed E-state index contributed by atoms with van der Waals surface area (Å²) in [7, 11) is 0. The van der Waals surface area contributed by atoms with Crippen LogP contribution in [-0.2, 0) is 17.8 Å². The molecule has 13 nitrogen and oxygen atoms in total. The van der Waals surface area contributed by atoms with Crippen LogP contribution in [0.4, 0.5) is 21.0 Å². The van der Waals surface area contributed by atoms with Gasteiger partial charge in [-0.05, 0) is 73.3 Å². The van der Waals surface area contributed by atoms with Crippen LogP contribution < -0.4 is 21.1 Å². The van der Waals surface area contributed by atoms with Gasteiger partial charge in [-0.25, -0.2) is 4.79 Å². The van der Waals surface area contributed by atoms with Crippen LogP contribution in [0.1, 0.15) is 55.7 Å². The first-order chi connectivity index (χ1) is 27.7. The van der Waals surface area contributed by atoms with E-state index in [9.17, 15) is 24.6 Å². The third-order valence-electron chi connectivity index (χ3n) is 12.0. The van der Waals surface area contributed by atoms with Crippen LogP contribution in [0.3, 0.4) is 0 Å². The number of halogens is 1. The molecule has 2 unspecified atom stereocenters. The predicted molar refractivity (Wildman–Crippen MR) is 219 cm³/mol. The molecule has 0 radical (unpaired) electrons. The first-order valence-electron chi connectivity index (χ1n) is 19.7. The number of nitrogens with zero attached hydrogens (tertiary/aromatic N) is 5. The molecular weight excluding hydrogens is 790 g/mol. The van der Waals surface area contributed by atoms with E-state index in [1.165, 1.54) is 16.0 Å². The molecule has 0 spiro atoms. The van der Waals surface area contributed by atoms with Crippen LogP contribution >= 0.6 is 15.9 Å². The number of likely N-dealkylation sites (tertiary alicyclic amines) is 1. The molecule has 4 saturated heterocycles. The van der Waals surface area contributed by atoms with E-state index >= 15 is 0 Å². The normalized spacial score (nSPS) is 22.7. The second-order valence-electron chi connectivity index (χ2n) is 15.4. The summed E-state index contributed by atoms with van der Waals surface area (Å²) in [4.78, 5) is 42.5. The number of imidazole rings is 1. The molecule has 1 aromatic heterocycles. The number of amides is 2. The Balaban J connectivity index is 0.000000200. The summed E-state index contributed by atoms with van der Waals surface area (Å²) in [6, 6.07) is 34.6. The minimum atomic E-state index is -1.13. The highest BCUT2D eigenvalue weighted by molar-refractivity contribution is 9.10. The van der Waals surface area contributed by atoms with Gasteiger partial charge in [0, 0.05) is 49.5 Å². The van der Waals surface area contributed by atoms with Gasteiger partial charge in [-0.3, -0.25) is 9.47 Å². The van der Waals surface area contributed by atoms with Gasteiger partial charge in [0.25, 0.3) is 0 Å². The van der Waals surface area contributed by atoms with E-state index in [2.05, 4.69) is 79.7 Å². The second-order valence-corrected chi connectivity index (χ2v) is 16.3. The lowest BCUT2D eigenvalue weighted by Gasteiger charge is -2.62. The van der Waals surface area contributed by atoms with Gasteiger partial charge in [0.1, 0.15) is 25.0 Å². The van der Waals surface area contributed by atoms with Crippen LogP contribution in [0.15, 0.2) is 112 Å². The molecule has 5 aliphatic heterocycles. The largest absolute Gasteiger partial charge is 0.541 e. The number of aromatic amines is 1. The zero-order valence-corrected chi connectivity index (χ0v) is 33.4. The molecule has 14 heteroatoms. The summed E-state index contributed by atoms with van der Waals surface area (Å²) in [6.07, 6.45) is 2.55. The Hall–Kier alpha value is -5.15. The number of hydrogen-bond acceptors (Lipinski definition) is 8. The van der Waals surface area contributed by atoms with E-state index in [0.717, 1.165) is 65.8 Å². The van der Waals surface area contributed by atoms with Crippen molar-refractivity contribution in [2.75, 3.05) is 43.2 Å². The number of rotatable bonds is 10. The maximum Gasteiger partial charge on any atom is 0.541 e. The Morgan fingerprint density at radius 2 is 1.58 bits per heavy atom. The fourth-order valence-corrected chi connectivity index (χ4v) is 9.54. The maximum atomic E-state index is 13.1. The van der Waals surface area contributed by atoms with Gasteiger partial charge in [-0.15, -0.1) is 0 Å². The Labute approximate surface area is 339 Å². The second kappa shape index (κ2) is 16.4. The number of carbonyl (C=O) groups is 2. The zero-order chi connectivity index (χ0) is 39.6. The van der Waals surface area contributed by atoms with Crippen LogP contribution in [-0.4, -0.2) is 85.9 Å².